The molecular weight excluding hydrogens is 674 g/mol. The summed E-state index contributed by atoms with van der Waals surface area (Å²) in [6, 6.07) is 18.6. The van der Waals surface area contributed by atoms with Gasteiger partial charge in [0.25, 0.3) is 0 Å². The van der Waals surface area contributed by atoms with E-state index in [-0.39, 0.29) is 31.6 Å². The summed E-state index contributed by atoms with van der Waals surface area (Å²) < 4.78 is 6.05. The molecule has 14 nitrogen and oxygen atoms in total. The van der Waals surface area contributed by atoms with Crippen LogP contribution in [0.3, 0.4) is 0 Å². The maximum absolute atomic E-state index is 14.1. The number of aliphatic imine (C=N–C) groups is 1. The molecule has 0 aliphatic carbocycles. The number of carbonyl (C=O) groups is 4. The Kier molecular flexibility index (Phi) is 17.2. The highest BCUT2D eigenvalue weighted by molar-refractivity contribution is 5.94. The number of aryl methyl sites for hydroxylation is 2. The van der Waals surface area contributed by atoms with E-state index in [2.05, 4.69) is 20.9 Å². The van der Waals surface area contributed by atoms with Crippen LogP contribution in [0.25, 0.3) is 0 Å². The van der Waals surface area contributed by atoms with Gasteiger partial charge in [0.15, 0.2) is 5.96 Å². The molecule has 0 saturated heterocycles. The first kappa shape index (κ1) is 41.9. The fraction of sp³-hybridized carbons (Fsp3) is 0.410. The summed E-state index contributed by atoms with van der Waals surface area (Å²) in [7, 11) is 0. The van der Waals surface area contributed by atoms with Crippen LogP contribution in [0.1, 0.15) is 59.9 Å². The molecule has 0 heterocycles. The summed E-state index contributed by atoms with van der Waals surface area (Å²) in [4.78, 5) is 57.5. The van der Waals surface area contributed by atoms with Gasteiger partial charge >= 0.3 is 0 Å². The number of rotatable bonds is 22. The van der Waals surface area contributed by atoms with Crippen LogP contribution in [0.5, 0.6) is 5.75 Å². The third-order valence-electron chi connectivity index (χ3n) is 8.79. The van der Waals surface area contributed by atoms with Crippen molar-refractivity contribution >= 4 is 29.6 Å². The Hall–Kier alpha value is -5.47. The number of nitrogens with two attached hydrogens (primary N) is 5. The number of nitrogens with zero attached hydrogens (tertiary/aromatic N) is 1. The molecule has 0 radical (unpaired) electrons. The monoisotopic (exact) mass is 729 g/mol. The van der Waals surface area contributed by atoms with Crippen molar-refractivity contribution in [2.24, 2.45) is 33.7 Å². The summed E-state index contributed by atoms with van der Waals surface area (Å²) >= 11 is 0. The minimum atomic E-state index is -1.11. The number of unbranched alkanes of at least 4 members (excludes halogenated alkanes) is 1. The Morgan fingerprint density at radius 3 is 1.85 bits per heavy atom. The van der Waals surface area contributed by atoms with E-state index in [0.29, 0.717) is 44.7 Å². The van der Waals surface area contributed by atoms with Gasteiger partial charge < -0.3 is 49.4 Å². The van der Waals surface area contributed by atoms with Gasteiger partial charge in [-0.25, -0.2) is 0 Å². The van der Waals surface area contributed by atoms with Gasteiger partial charge in [0.05, 0.1) is 6.04 Å². The molecule has 53 heavy (non-hydrogen) atoms. The van der Waals surface area contributed by atoms with Crippen LogP contribution in [0.15, 0.2) is 77.8 Å². The molecular formula is C39H55N9O5. The number of primary amides is 1. The van der Waals surface area contributed by atoms with Crippen LogP contribution >= 0.6 is 0 Å². The summed E-state index contributed by atoms with van der Waals surface area (Å²) in [5, 5.41) is 8.37. The molecule has 3 aromatic carbocycles. The van der Waals surface area contributed by atoms with Crippen LogP contribution in [-0.2, 0) is 38.6 Å². The quantitative estimate of drug-likeness (QED) is 0.0418. The van der Waals surface area contributed by atoms with Gasteiger partial charge in [-0.05, 0) is 92.4 Å². The fourth-order valence-corrected chi connectivity index (χ4v) is 5.82. The molecule has 0 saturated carbocycles. The molecule has 3 aromatic rings. The zero-order valence-electron chi connectivity index (χ0n) is 30.7. The Morgan fingerprint density at radius 1 is 0.698 bits per heavy atom. The first-order chi connectivity index (χ1) is 25.4. The average Bonchev–Trinajstić information content (AvgIpc) is 3.13. The first-order valence-corrected chi connectivity index (χ1v) is 17.9. The zero-order chi connectivity index (χ0) is 38.8. The predicted molar refractivity (Wildman–Crippen MR) is 206 cm³/mol. The minimum absolute atomic E-state index is 0.0609. The second kappa shape index (κ2) is 21.8. The molecule has 0 bridgehead atoms. The minimum Gasteiger partial charge on any atom is -0.489 e. The molecule has 4 atom stereocenters. The molecule has 3 rings (SSSR count). The number of guanidine groups is 1. The molecule has 0 aliphatic heterocycles. The van der Waals surface area contributed by atoms with Crippen LogP contribution < -0.4 is 49.4 Å². The number of hydrogen-bond acceptors (Lipinski definition) is 8. The lowest BCUT2D eigenvalue weighted by molar-refractivity contribution is -0.133. The standard InChI is InChI=1S/C39H55N9O5/c1-25-20-29(53-24-28-14-7-4-8-15-28)21-26(2)30(25)23-34(48-36(50)31(41)16-11-19-45-39(43)44)38(52)46-32(17-9-10-18-40)37(51)47-33(35(42)49)22-27-12-5-3-6-13-27/h3-8,12-15,20-21,31-34H,9-11,16-19,22-24,40-41H2,1-2H3,(H2,42,49)(H,46,52)(H,47,51)(H,48,50)(H4,43,44,45)/t31-,32+,33+,34+/m1/s1. The van der Waals surface area contributed by atoms with Gasteiger partial charge in [-0.15, -0.1) is 0 Å². The second-order valence-electron chi connectivity index (χ2n) is 13.1. The van der Waals surface area contributed by atoms with Crippen molar-refractivity contribution < 1.29 is 23.9 Å². The highest BCUT2D eigenvalue weighted by Gasteiger charge is 2.31. The van der Waals surface area contributed by atoms with E-state index in [1.807, 2.05) is 86.6 Å². The van der Waals surface area contributed by atoms with Crippen molar-refractivity contribution in [1.29, 1.82) is 0 Å². The highest BCUT2D eigenvalue weighted by atomic mass is 16.5. The summed E-state index contributed by atoms with van der Waals surface area (Å²) in [5.41, 5.74) is 32.8. The van der Waals surface area contributed by atoms with Gasteiger partial charge in [0, 0.05) is 19.4 Å². The maximum Gasteiger partial charge on any atom is 0.243 e. The normalized spacial score (nSPS) is 13.1. The van der Waals surface area contributed by atoms with Crippen molar-refractivity contribution in [3.05, 3.63) is 101 Å². The predicted octanol–water partition coefficient (Wildman–Crippen LogP) is 1.12. The van der Waals surface area contributed by atoms with Crippen molar-refractivity contribution in [1.82, 2.24) is 16.0 Å². The van der Waals surface area contributed by atoms with E-state index in [0.717, 1.165) is 27.8 Å². The number of benzene rings is 3. The van der Waals surface area contributed by atoms with Crippen molar-refractivity contribution in [3.8, 4) is 5.75 Å². The molecule has 4 amide bonds. The van der Waals surface area contributed by atoms with Crippen LogP contribution in [0.4, 0.5) is 0 Å². The Labute approximate surface area is 311 Å². The smallest absolute Gasteiger partial charge is 0.243 e. The Morgan fingerprint density at radius 2 is 1.26 bits per heavy atom. The summed E-state index contributed by atoms with van der Waals surface area (Å²) in [6.45, 7) is 4.88. The molecule has 13 N–H and O–H groups in total. The third kappa shape index (κ3) is 14.6. The number of hydrogen-bond donors (Lipinski definition) is 8. The second-order valence-corrected chi connectivity index (χ2v) is 13.1. The SMILES string of the molecule is Cc1cc(OCc2ccccc2)cc(C)c1C[C@H](NC(=O)[C@H](N)CCCN=C(N)N)C(=O)N[C@@H](CCCCN)C(=O)N[C@@H](Cc1ccccc1)C(N)=O. The highest BCUT2D eigenvalue weighted by Crippen LogP contribution is 2.24. The van der Waals surface area contributed by atoms with Crippen LogP contribution in [-0.4, -0.2) is 66.8 Å². The lowest BCUT2D eigenvalue weighted by atomic mass is 9.94. The number of ether oxygens (including phenoxy) is 1. The number of amides is 4. The maximum atomic E-state index is 14.1. The van der Waals surface area contributed by atoms with Crippen molar-refractivity contribution in [3.63, 3.8) is 0 Å². The van der Waals surface area contributed by atoms with E-state index in [9.17, 15) is 19.2 Å². The third-order valence-corrected chi connectivity index (χ3v) is 8.79. The van der Waals surface area contributed by atoms with Gasteiger partial charge in [-0.2, -0.15) is 0 Å². The van der Waals surface area contributed by atoms with Crippen molar-refractivity contribution in [2.45, 2.75) is 89.6 Å². The molecule has 286 valence electrons. The molecule has 0 unspecified atom stereocenters. The van der Waals surface area contributed by atoms with Gasteiger partial charge in [-0.1, -0.05) is 60.7 Å². The molecule has 14 heteroatoms. The van der Waals surface area contributed by atoms with E-state index >= 15 is 0 Å². The Bertz CT molecular complexity index is 1640. The van der Waals surface area contributed by atoms with Crippen molar-refractivity contribution in [2.75, 3.05) is 13.1 Å². The van der Waals surface area contributed by atoms with Gasteiger partial charge in [0.2, 0.25) is 23.6 Å². The molecule has 0 fully saturated rings. The fourth-order valence-electron chi connectivity index (χ4n) is 5.82. The zero-order valence-corrected chi connectivity index (χ0v) is 30.7. The van der Waals surface area contributed by atoms with E-state index in [1.54, 1.807) is 0 Å². The van der Waals surface area contributed by atoms with Crippen LogP contribution in [0.2, 0.25) is 0 Å². The van der Waals surface area contributed by atoms with E-state index < -0.39 is 47.8 Å². The largest absolute Gasteiger partial charge is 0.489 e. The Balaban J connectivity index is 1.85. The number of nitrogens with one attached hydrogen (secondary N) is 3. The first-order valence-electron chi connectivity index (χ1n) is 17.9. The van der Waals surface area contributed by atoms with Crippen LogP contribution in [0, 0.1) is 13.8 Å². The van der Waals surface area contributed by atoms with E-state index in [4.69, 9.17) is 33.4 Å². The lowest BCUT2D eigenvalue weighted by Crippen LogP contribution is -2.58. The average molecular weight is 730 g/mol. The molecule has 0 aromatic heterocycles. The van der Waals surface area contributed by atoms with Gasteiger partial charge in [0.1, 0.15) is 30.5 Å². The topological polar surface area (TPSA) is 256 Å². The van der Waals surface area contributed by atoms with Gasteiger partial charge in [-0.3, -0.25) is 24.2 Å². The lowest BCUT2D eigenvalue weighted by Gasteiger charge is -2.26. The number of carbonyl (C=O) groups excluding carboxylic acids is 4. The van der Waals surface area contributed by atoms with E-state index in [1.165, 1.54) is 0 Å². The molecule has 0 aliphatic rings. The summed E-state index contributed by atoms with van der Waals surface area (Å²) in [5.74, 6) is -1.83. The summed E-state index contributed by atoms with van der Waals surface area (Å²) in [6.07, 6.45) is 2.35. The molecule has 0 spiro atoms.